The van der Waals surface area contributed by atoms with Gasteiger partial charge in [-0.15, -0.1) is 11.8 Å². The fraction of sp³-hybridized carbons (Fsp3) is 0.263. The molecule has 0 radical (unpaired) electrons. The lowest BCUT2D eigenvalue weighted by Gasteiger charge is -2.27. The van der Waals surface area contributed by atoms with Crippen LogP contribution in [0.25, 0.3) is 0 Å². The molecule has 0 saturated heterocycles. The summed E-state index contributed by atoms with van der Waals surface area (Å²) in [5.74, 6) is -1.16. The molecule has 1 aliphatic heterocycles. The molecule has 1 aliphatic rings. The quantitative estimate of drug-likeness (QED) is 0.643. The number of aromatic nitrogens is 1. The Morgan fingerprint density at radius 2 is 2.07 bits per heavy atom. The van der Waals surface area contributed by atoms with Crippen LogP contribution in [-0.4, -0.2) is 41.7 Å². The van der Waals surface area contributed by atoms with Crippen molar-refractivity contribution in [2.24, 2.45) is 0 Å². The Morgan fingerprint density at radius 3 is 2.85 bits per heavy atom. The first kappa shape index (κ1) is 18.9. The molecule has 1 atom stereocenters. The zero-order valence-corrected chi connectivity index (χ0v) is 15.8. The lowest BCUT2D eigenvalue weighted by atomic mass is 10.1. The van der Waals surface area contributed by atoms with E-state index in [2.05, 4.69) is 10.3 Å². The minimum Gasteiger partial charge on any atom is -0.452 e. The number of hydrogen-bond donors (Lipinski definition) is 1. The summed E-state index contributed by atoms with van der Waals surface area (Å²) in [6.07, 6.45) is 3.56. The van der Waals surface area contributed by atoms with Gasteiger partial charge in [0.25, 0.3) is 5.91 Å². The van der Waals surface area contributed by atoms with Gasteiger partial charge in [0.15, 0.2) is 6.61 Å². The molecule has 0 bridgehead atoms. The van der Waals surface area contributed by atoms with E-state index in [4.69, 9.17) is 4.74 Å². The molecule has 0 aliphatic carbocycles. The third-order valence-corrected chi connectivity index (χ3v) is 4.85. The van der Waals surface area contributed by atoms with E-state index in [1.807, 2.05) is 6.26 Å². The van der Waals surface area contributed by atoms with Gasteiger partial charge in [-0.2, -0.15) is 0 Å². The van der Waals surface area contributed by atoms with Crippen LogP contribution in [0.4, 0.5) is 11.4 Å². The van der Waals surface area contributed by atoms with Gasteiger partial charge in [-0.05, 0) is 37.4 Å². The molecule has 0 spiro atoms. The first-order valence-electron chi connectivity index (χ1n) is 8.38. The number of nitrogens with one attached hydrogen (secondary N) is 1. The molecule has 2 heterocycles. The van der Waals surface area contributed by atoms with Gasteiger partial charge in [0.05, 0.1) is 16.9 Å². The van der Waals surface area contributed by atoms with Crippen molar-refractivity contribution >= 4 is 40.9 Å². The van der Waals surface area contributed by atoms with Crippen LogP contribution in [0, 0.1) is 0 Å². The number of benzene rings is 1. The lowest BCUT2D eigenvalue weighted by molar-refractivity contribution is -0.122. The Labute approximate surface area is 161 Å². The summed E-state index contributed by atoms with van der Waals surface area (Å²) < 4.78 is 5.23. The van der Waals surface area contributed by atoms with Crippen molar-refractivity contribution < 1.29 is 19.1 Å². The van der Waals surface area contributed by atoms with Gasteiger partial charge in [0, 0.05) is 18.7 Å². The van der Waals surface area contributed by atoms with Crippen molar-refractivity contribution in [3.63, 3.8) is 0 Å². The average Bonchev–Trinajstić information content (AvgIpc) is 2.79. The molecule has 1 aromatic heterocycles. The fourth-order valence-electron chi connectivity index (χ4n) is 2.95. The van der Waals surface area contributed by atoms with Crippen LogP contribution >= 0.6 is 11.8 Å². The highest BCUT2D eigenvalue weighted by Crippen LogP contribution is 2.31. The Hall–Kier alpha value is -2.87. The first-order chi connectivity index (χ1) is 13.0. The second-order valence-electron chi connectivity index (χ2n) is 6.02. The van der Waals surface area contributed by atoms with E-state index >= 15 is 0 Å². The number of pyridine rings is 1. The number of ether oxygens (including phenoxy) is 1. The van der Waals surface area contributed by atoms with Gasteiger partial charge in [-0.3, -0.25) is 9.59 Å². The van der Waals surface area contributed by atoms with Gasteiger partial charge in [-0.25, -0.2) is 9.78 Å². The van der Waals surface area contributed by atoms with Gasteiger partial charge in [0.2, 0.25) is 5.91 Å². The number of amides is 2. The number of carbonyl (C=O) groups excluding carboxylic acids is 3. The van der Waals surface area contributed by atoms with Crippen molar-refractivity contribution in [1.82, 2.24) is 4.98 Å². The second-order valence-corrected chi connectivity index (χ2v) is 6.81. The van der Waals surface area contributed by atoms with Crippen molar-refractivity contribution in [3.8, 4) is 0 Å². The predicted octanol–water partition coefficient (Wildman–Crippen LogP) is 2.72. The number of anilines is 2. The summed E-state index contributed by atoms with van der Waals surface area (Å²) in [6.45, 7) is 1.36. The summed E-state index contributed by atoms with van der Waals surface area (Å²) in [5, 5.41) is 3.33. The molecular formula is C19H19N3O4S. The zero-order chi connectivity index (χ0) is 19.4. The molecule has 1 N–H and O–H groups in total. The minimum absolute atomic E-state index is 0.160. The van der Waals surface area contributed by atoms with Crippen LogP contribution in [0.15, 0.2) is 47.6 Å². The van der Waals surface area contributed by atoms with Gasteiger partial charge in [-0.1, -0.05) is 12.1 Å². The summed E-state index contributed by atoms with van der Waals surface area (Å²) >= 11 is 1.33. The van der Waals surface area contributed by atoms with E-state index in [-0.39, 0.29) is 18.4 Å². The number of para-hydroxylation sites is 2. The standard InChI is InChI=1S/C19H19N3O4S/c1-12-10-16(23)21-14-7-3-4-8-15(14)22(12)17(24)11-26-19(25)13-6-5-9-20-18(13)27-2/h3-9,12H,10-11H2,1-2H3,(H,21,23). The predicted molar refractivity (Wildman–Crippen MR) is 103 cm³/mol. The molecular weight excluding hydrogens is 366 g/mol. The smallest absolute Gasteiger partial charge is 0.341 e. The van der Waals surface area contributed by atoms with E-state index in [1.165, 1.54) is 16.7 Å². The molecule has 0 fully saturated rings. The maximum atomic E-state index is 12.8. The lowest BCUT2D eigenvalue weighted by Crippen LogP contribution is -2.41. The SMILES string of the molecule is CSc1ncccc1C(=O)OCC(=O)N1c2ccccc2NC(=O)CC1C. The molecule has 0 saturated carbocycles. The molecule has 8 heteroatoms. The van der Waals surface area contributed by atoms with E-state index in [1.54, 1.807) is 49.5 Å². The molecule has 1 unspecified atom stereocenters. The van der Waals surface area contributed by atoms with Crippen LogP contribution in [0.5, 0.6) is 0 Å². The molecule has 7 nitrogen and oxygen atoms in total. The molecule has 2 aromatic rings. The number of fused-ring (bicyclic) bond motifs is 1. The number of thioether (sulfide) groups is 1. The normalized spacial score (nSPS) is 16.1. The molecule has 140 valence electrons. The third kappa shape index (κ3) is 4.11. The summed E-state index contributed by atoms with van der Waals surface area (Å²) in [4.78, 5) is 42.8. The van der Waals surface area contributed by atoms with Gasteiger partial charge >= 0.3 is 5.97 Å². The van der Waals surface area contributed by atoms with Crippen molar-refractivity contribution in [2.75, 3.05) is 23.1 Å². The van der Waals surface area contributed by atoms with Crippen LogP contribution in [0.1, 0.15) is 23.7 Å². The molecule has 1 aromatic carbocycles. The number of nitrogens with zero attached hydrogens (tertiary/aromatic N) is 2. The topological polar surface area (TPSA) is 88.6 Å². The van der Waals surface area contributed by atoms with Gasteiger partial charge in [0.1, 0.15) is 5.03 Å². The van der Waals surface area contributed by atoms with Gasteiger partial charge < -0.3 is 15.0 Å². The molecule has 27 heavy (non-hydrogen) atoms. The highest BCUT2D eigenvalue weighted by atomic mass is 32.2. The number of carbonyl (C=O) groups is 3. The first-order valence-corrected chi connectivity index (χ1v) is 9.60. The Bertz CT molecular complexity index is 887. The van der Waals surface area contributed by atoms with E-state index in [0.717, 1.165) is 0 Å². The maximum Gasteiger partial charge on any atom is 0.341 e. The third-order valence-electron chi connectivity index (χ3n) is 4.14. The molecule has 2 amide bonds. The van der Waals surface area contributed by atoms with Crippen molar-refractivity contribution in [2.45, 2.75) is 24.4 Å². The summed E-state index contributed by atoms with van der Waals surface area (Å²) in [7, 11) is 0. The van der Waals surface area contributed by atoms with Crippen LogP contribution < -0.4 is 10.2 Å². The monoisotopic (exact) mass is 385 g/mol. The van der Waals surface area contributed by atoms with E-state index in [9.17, 15) is 14.4 Å². The average molecular weight is 385 g/mol. The molecule has 3 rings (SSSR count). The van der Waals surface area contributed by atoms with E-state index < -0.39 is 18.5 Å². The van der Waals surface area contributed by atoms with Crippen molar-refractivity contribution in [3.05, 3.63) is 48.2 Å². The Morgan fingerprint density at radius 1 is 1.30 bits per heavy atom. The van der Waals surface area contributed by atoms with Crippen molar-refractivity contribution in [1.29, 1.82) is 0 Å². The summed E-state index contributed by atoms with van der Waals surface area (Å²) in [5.41, 5.74) is 1.46. The largest absolute Gasteiger partial charge is 0.452 e. The summed E-state index contributed by atoms with van der Waals surface area (Å²) in [6, 6.07) is 9.95. The highest BCUT2D eigenvalue weighted by Gasteiger charge is 2.30. The number of esters is 1. The Balaban J connectivity index is 1.77. The van der Waals surface area contributed by atoms with E-state index in [0.29, 0.717) is 22.0 Å². The van der Waals surface area contributed by atoms with Crippen LogP contribution in [0.2, 0.25) is 0 Å². The zero-order valence-electron chi connectivity index (χ0n) is 15.0. The number of rotatable bonds is 4. The number of hydrogen-bond acceptors (Lipinski definition) is 6. The fourth-order valence-corrected chi connectivity index (χ4v) is 3.49. The second kappa shape index (κ2) is 8.22. The van der Waals surface area contributed by atoms with Crippen LogP contribution in [0.3, 0.4) is 0 Å². The van der Waals surface area contributed by atoms with Crippen LogP contribution in [-0.2, 0) is 14.3 Å². The maximum absolute atomic E-state index is 12.8. The Kier molecular flexibility index (Phi) is 5.75. The highest BCUT2D eigenvalue weighted by molar-refractivity contribution is 7.98. The minimum atomic E-state index is -0.606.